The largest absolute Gasteiger partial charge is 0.496 e. The van der Waals surface area contributed by atoms with Crippen LogP contribution >= 0.6 is 24.0 Å². The Balaban J connectivity index is 0.00000264. The summed E-state index contributed by atoms with van der Waals surface area (Å²) < 4.78 is 10.4. The lowest BCUT2D eigenvalue weighted by Crippen LogP contribution is -2.36. The number of aliphatic imine (C=N–C) groups is 1. The summed E-state index contributed by atoms with van der Waals surface area (Å²) in [6, 6.07) is 6.10. The fourth-order valence-corrected chi connectivity index (χ4v) is 1.97. The average molecular weight is 431 g/mol. The van der Waals surface area contributed by atoms with Crippen LogP contribution in [-0.2, 0) is 13.1 Å². The number of rotatable bonds is 5. The Bertz CT molecular complexity index is 657. The Labute approximate surface area is 152 Å². The molecular formula is C15H22IN5O2. The Morgan fingerprint density at radius 1 is 1.26 bits per heavy atom. The predicted molar refractivity (Wildman–Crippen MR) is 99.2 cm³/mol. The van der Waals surface area contributed by atoms with E-state index in [1.807, 2.05) is 19.1 Å². The SMILES string of the molecule is CN=C(NCc1nc(C)no1)NCc1ccc(C)cc1OC.I. The van der Waals surface area contributed by atoms with Crippen molar-refractivity contribution in [1.29, 1.82) is 0 Å². The lowest BCUT2D eigenvalue weighted by atomic mass is 10.1. The molecule has 0 aliphatic heterocycles. The van der Waals surface area contributed by atoms with Crippen molar-refractivity contribution in [2.24, 2.45) is 4.99 Å². The second kappa shape index (κ2) is 9.33. The molecule has 2 N–H and O–H groups in total. The molecule has 0 radical (unpaired) electrons. The predicted octanol–water partition coefficient (Wildman–Crippen LogP) is 2.18. The Morgan fingerprint density at radius 2 is 2.00 bits per heavy atom. The van der Waals surface area contributed by atoms with Gasteiger partial charge in [0.05, 0.1) is 13.7 Å². The molecule has 126 valence electrons. The number of hydrogen-bond donors (Lipinski definition) is 2. The lowest BCUT2D eigenvalue weighted by molar-refractivity contribution is 0.371. The van der Waals surface area contributed by atoms with Gasteiger partial charge in [-0.2, -0.15) is 4.98 Å². The Kier molecular flexibility index (Phi) is 7.79. The molecular weight excluding hydrogens is 409 g/mol. The summed E-state index contributed by atoms with van der Waals surface area (Å²) in [7, 11) is 3.38. The minimum absolute atomic E-state index is 0. The molecule has 0 saturated carbocycles. The number of guanidine groups is 1. The number of benzene rings is 1. The lowest BCUT2D eigenvalue weighted by Gasteiger charge is -2.13. The highest BCUT2D eigenvalue weighted by molar-refractivity contribution is 14.0. The summed E-state index contributed by atoms with van der Waals surface area (Å²) in [5.74, 6) is 2.64. The molecule has 0 bridgehead atoms. The molecule has 8 heteroatoms. The van der Waals surface area contributed by atoms with Gasteiger partial charge in [-0.25, -0.2) is 0 Å². The van der Waals surface area contributed by atoms with E-state index in [9.17, 15) is 0 Å². The van der Waals surface area contributed by atoms with Crippen LogP contribution in [-0.4, -0.2) is 30.3 Å². The van der Waals surface area contributed by atoms with Crippen molar-refractivity contribution < 1.29 is 9.26 Å². The first-order valence-electron chi connectivity index (χ1n) is 6.99. The maximum absolute atomic E-state index is 5.39. The number of aromatic nitrogens is 2. The first-order valence-corrected chi connectivity index (χ1v) is 6.99. The molecule has 2 rings (SSSR count). The molecule has 2 aromatic rings. The molecule has 0 saturated heterocycles. The van der Waals surface area contributed by atoms with Crippen LogP contribution in [0.1, 0.15) is 22.8 Å². The molecule has 0 atom stereocenters. The first-order chi connectivity index (χ1) is 10.6. The number of methoxy groups -OCH3 is 1. The maximum Gasteiger partial charge on any atom is 0.246 e. The van der Waals surface area contributed by atoms with E-state index in [1.165, 1.54) is 0 Å². The third-order valence-corrected chi connectivity index (χ3v) is 3.09. The van der Waals surface area contributed by atoms with Crippen LogP contribution < -0.4 is 15.4 Å². The van der Waals surface area contributed by atoms with Gasteiger partial charge in [-0.1, -0.05) is 17.3 Å². The van der Waals surface area contributed by atoms with E-state index in [4.69, 9.17) is 9.26 Å². The number of nitrogens with one attached hydrogen (secondary N) is 2. The molecule has 0 spiro atoms. The van der Waals surface area contributed by atoms with Crippen molar-refractivity contribution in [3.63, 3.8) is 0 Å². The molecule has 0 aliphatic carbocycles. The molecule has 23 heavy (non-hydrogen) atoms. The van der Waals surface area contributed by atoms with E-state index >= 15 is 0 Å². The van der Waals surface area contributed by atoms with Crippen molar-refractivity contribution in [2.45, 2.75) is 26.9 Å². The molecule has 1 aromatic heterocycles. The number of aryl methyl sites for hydroxylation is 2. The van der Waals surface area contributed by atoms with Gasteiger partial charge in [0.2, 0.25) is 5.89 Å². The molecule has 0 amide bonds. The van der Waals surface area contributed by atoms with Gasteiger partial charge in [-0.05, 0) is 25.5 Å². The van der Waals surface area contributed by atoms with Gasteiger partial charge in [0.1, 0.15) is 5.75 Å². The zero-order valence-electron chi connectivity index (χ0n) is 13.7. The summed E-state index contributed by atoms with van der Waals surface area (Å²) in [5.41, 5.74) is 2.22. The zero-order valence-corrected chi connectivity index (χ0v) is 16.0. The highest BCUT2D eigenvalue weighted by Crippen LogP contribution is 2.19. The van der Waals surface area contributed by atoms with E-state index in [0.29, 0.717) is 30.8 Å². The van der Waals surface area contributed by atoms with Crippen LogP contribution in [0.25, 0.3) is 0 Å². The molecule has 1 heterocycles. The smallest absolute Gasteiger partial charge is 0.246 e. The minimum atomic E-state index is 0. The second-order valence-electron chi connectivity index (χ2n) is 4.83. The molecule has 0 unspecified atom stereocenters. The van der Waals surface area contributed by atoms with Gasteiger partial charge < -0.3 is 19.9 Å². The normalized spacial score (nSPS) is 10.9. The number of ether oxygens (including phenoxy) is 1. The summed E-state index contributed by atoms with van der Waals surface area (Å²) in [6.45, 7) is 4.84. The summed E-state index contributed by atoms with van der Waals surface area (Å²) in [4.78, 5) is 8.29. The Morgan fingerprint density at radius 3 is 2.61 bits per heavy atom. The van der Waals surface area contributed by atoms with Gasteiger partial charge in [0, 0.05) is 19.2 Å². The standard InChI is InChI=1S/C15H21N5O2.HI/c1-10-5-6-12(13(7-10)21-4)8-17-15(16-3)18-9-14-19-11(2)20-22-14;/h5-7H,8-9H2,1-4H3,(H2,16,17,18);1H. The van der Waals surface area contributed by atoms with Gasteiger partial charge in [-0.3, -0.25) is 4.99 Å². The topological polar surface area (TPSA) is 84.6 Å². The van der Waals surface area contributed by atoms with Crippen LogP contribution in [0.4, 0.5) is 0 Å². The van der Waals surface area contributed by atoms with Crippen LogP contribution in [0.5, 0.6) is 5.75 Å². The second-order valence-corrected chi connectivity index (χ2v) is 4.83. The fraction of sp³-hybridized carbons (Fsp3) is 0.400. The molecule has 1 aromatic carbocycles. The van der Waals surface area contributed by atoms with E-state index in [0.717, 1.165) is 16.9 Å². The molecule has 0 aliphatic rings. The van der Waals surface area contributed by atoms with Gasteiger partial charge >= 0.3 is 0 Å². The summed E-state index contributed by atoms with van der Waals surface area (Å²) in [5, 5.41) is 10.1. The summed E-state index contributed by atoms with van der Waals surface area (Å²) in [6.07, 6.45) is 0. The van der Waals surface area contributed by atoms with Crippen molar-refractivity contribution in [2.75, 3.05) is 14.2 Å². The summed E-state index contributed by atoms with van der Waals surface area (Å²) >= 11 is 0. The van der Waals surface area contributed by atoms with Gasteiger partial charge in [0.25, 0.3) is 0 Å². The quantitative estimate of drug-likeness (QED) is 0.429. The third-order valence-electron chi connectivity index (χ3n) is 3.09. The highest BCUT2D eigenvalue weighted by atomic mass is 127. The van der Waals surface area contributed by atoms with Gasteiger partial charge in [0.15, 0.2) is 11.8 Å². The van der Waals surface area contributed by atoms with Crippen LogP contribution in [0.2, 0.25) is 0 Å². The van der Waals surface area contributed by atoms with Crippen LogP contribution in [0.3, 0.4) is 0 Å². The van der Waals surface area contributed by atoms with E-state index in [1.54, 1.807) is 21.1 Å². The Hall–Kier alpha value is -1.84. The minimum Gasteiger partial charge on any atom is -0.496 e. The van der Waals surface area contributed by atoms with Gasteiger partial charge in [-0.15, -0.1) is 24.0 Å². The van der Waals surface area contributed by atoms with Crippen LogP contribution in [0.15, 0.2) is 27.7 Å². The zero-order chi connectivity index (χ0) is 15.9. The van der Waals surface area contributed by atoms with E-state index in [2.05, 4.69) is 31.8 Å². The average Bonchev–Trinajstić information content (AvgIpc) is 2.94. The fourth-order valence-electron chi connectivity index (χ4n) is 1.97. The first kappa shape index (κ1) is 19.2. The van der Waals surface area contributed by atoms with Crippen molar-refractivity contribution in [3.05, 3.63) is 41.0 Å². The van der Waals surface area contributed by atoms with Crippen molar-refractivity contribution in [3.8, 4) is 5.75 Å². The molecule has 7 nitrogen and oxygen atoms in total. The number of halogens is 1. The highest BCUT2D eigenvalue weighted by Gasteiger charge is 2.06. The van der Waals surface area contributed by atoms with Crippen molar-refractivity contribution >= 4 is 29.9 Å². The third kappa shape index (κ3) is 5.70. The van der Waals surface area contributed by atoms with E-state index < -0.39 is 0 Å². The van der Waals surface area contributed by atoms with Crippen molar-refractivity contribution in [1.82, 2.24) is 20.8 Å². The number of hydrogen-bond acceptors (Lipinski definition) is 5. The maximum atomic E-state index is 5.39. The van der Waals surface area contributed by atoms with E-state index in [-0.39, 0.29) is 24.0 Å². The van der Waals surface area contributed by atoms with Crippen LogP contribution in [0, 0.1) is 13.8 Å². The monoisotopic (exact) mass is 431 g/mol. The molecule has 0 fully saturated rings. The number of nitrogens with zero attached hydrogens (tertiary/aromatic N) is 3.